The minimum Gasteiger partial charge on any atom is -0.387 e. The maximum atomic E-state index is 12.3. The van der Waals surface area contributed by atoms with E-state index in [1.165, 1.54) is 0 Å². The van der Waals surface area contributed by atoms with Crippen molar-refractivity contribution in [3.8, 4) is 5.88 Å². The number of nitro groups is 1. The van der Waals surface area contributed by atoms with Crippen LogP contribution in [-0.4, -0.2) is 16.3 Å². The fraction of sp³-hybridized carbons (Fsp3) is 0.375. The van der Waals surface area contributed by atoms with Crippen LogP contribution in [0.1, 0.15) is 11.3 Å². The number of hydrogen-bond donors (Lipinski definition) is 0. The van der Waals surface area contributed by atoms with E-state index in [2.05, 4.69) is 9.72 Å². The van der Waals surface area contributed by atoms with E-state index < -0.39 is 40.8 Å². The Balaban J connectivity index is 3.29. The van der Waals surface area contributed by atoms with Crippen LogP contribution in [0.2, 0.25) is 0 Å². The number of ether oxygens (including phenoxy) is 1. The highest BCUT2D eigenvalue weighted by molar-refractivity contribution is 5.46. The zero-order chi connectivity index (χ0) is 13.2. The second kappa shape index (κ2) is 4.52. The standard InChI is InChI=1S/C8H6F4N2O3/c1-4-6(14(15)16)2-5(3-9)13-7(4)17-8(10,11)12/h2H,3H2,1H3. The molecule has 0 radical (unpaired) electrons. The van der Waals surface area contributed by atoms with Crippen molar-refractivity contribution in [2.75, 3.05) is 0 Å². The molecule has 0 aliphatic heterocycles. The molecule has 1 heterocycles. The minimum atomic E-state index is -5.04. The van der Waals surface area contributed by atoms with E-state index in [1.54, 1.807) is 0 Å². The Morgan fingerprint density at radius 1 is 1.53 bits per heavy atom. The first-order chi connectivity index (χ1) is 7.74. The van der Waals surface area contributed by atoms with E-state index in [1.807, 2.05) is 0 Å². The number of nitrogens with zero attached hydrogens (tertiary/aromatic N) is 2. The van der Waals surface area contributed by atoms with Gasteiger partial charge in [0.2, 0.25) is 5.88 Å². The van der Waals surface area contributed by atoms with Crippen molar-refractivity contribution in [2.45, 2.75) is 20.0 Å². The van der Waals surface area contributed by atoms with Gasteiger partial charge in [0.1, 0.15) is 6.67 Å². The van der Waals surface area contributed by atoms with Gasteiger partial charge in [-0.3, -0.25) is 10.1 Å². The molecule has 0 saturated carbocycles. The van der Waals surface area contributed by atoms with Crippen molar-refractivity contribution in [2.24, 2.45) is 0 Å². The lowest BCUT2D eigenvalue weighted by Crippen LogP contribution is -2.19. The molecule has 0 atom stereocenters. The van der Waals surface area contributed by atoms with Crippen LogP contribution < -0.4 is 4.74 Å². The van der Waals surface area contributed by atoms with Crippen LogP contribution in [0.3, 0.4) is 0 Å². The largest absolute Gasteiger partial charge is 0.574 e. The predicted molar refractivity (Wildman–Crippen MR) is 47.1 cm³/mol. The lowest BCUT2D eigenvalue weighted by Gasteiger charge is -2.11. The molecule has 0 bridgehead atoms. The van der Waals surface area contributed by atoms with E-state index in [4.69, 9.17) is 0 Å². The fourth-order valence-corrected chi connectivity index (χ4v) is 1.09. The third-order valence-electron chi connectivity index (χ3n) is 1.80. The van der Waals surface area contributed by atoms with Gasteiger partial charge in [0.25, 0.3) is 5.69 Å². The molecule has 0 spiro atoms. The zero-order valence-corrected chi connectivity index (χ0v) is 8.42. The van der Waals surface area contributed by atoms with Crippen LogP contribution in [0.5, 0.6) is 5.88 Å². The summed E-state index contributed by atoms with van der Waals surface area (Å²) >= 11 is 0. The lowest BCUT2D eigenvalue weighted by atomic mass is 10.2. The van der Waals surface area contributed by atoms with E-state index in [0.29, 0.717) is 0 Å². The molecule has 0 N–H and O–H groups in total. The molecule has 0 aromatic carbocycles. The van der Waals surface area contributed by atoms with Crippen LogP contribution >= 0.6 is 0 Å². The van der Waals surface area contributed by atoms with Gasteiger partial charge in [-0.15, -0.1) is 13.2 Å². The summed E-state index contributed by atoms with van der Waals surface area (Å²) in [6.45, 7) is -0.191. The second-order valence-electron chi connectivity index (χ2n) is 3.00. The summed E-state index contributed by atoms with van der Waals surface area (Å²) in [5.74, 6) is -1.01. The summed E-state index contributed by atoms with van der Waals surface area (Å²) in [6.07, 6.45) is -5.04. The first kappa shape index (κ1) is 13.1. The van der Waals surface area contributed by atoms with Gasteiger partial charge in [-0.05, 0) is 6.92 Å². The van der Waals surface area contributed by atoms with Crippen molar-refractivity contribution < 1.29 is 27.2 Å². The molecule has 0 fully saturated rings. The first-order valence-electron chi connectivity index (χ1n) is 4.21. The van der Waals surface area contributed by atoms with Crippen LogP contribution in [0.4, 0.5) is 23.2 Å². The summed E-state index contributed by atoms with van der Waals surface area (Å²) < 4.78 is 51.7. The molecule has 1 aromatic heterocycles. The molecule has 1 aromatic rings. The van der Waals surface area contributed by atoms with Crippen LogP contribution in [0, 0.1) is 17.0 Å². The molecule has 0 saturated heterocycles. The third kappa shape index (κ3) is 3.26. The minimum absolute atomic E-state index is 0.412. The second-order valence-corrected chi connectivity index (χ2v) is 3.00. The highest BCUT2D eigenvalue weighted by Crippen LogP contribution is 2.30. The van der Waals surface area contributed by atoms with E-state index >= 15 is 0 Å². The summed E-state index contributed by atoms with van der Waals surface area (Å²) in [4.78, 5) is 12.8. The zero-order valence-electron chi connectivity index (χ0n) is 8.42. The van der Waals surface area contributed by atoms with Crippen molar-refractivity contribution >= 4 is 5.69 Å². The normalized spacial score (nSPS) is 11.4. The molecule has 1 rings (SSSR count). The Morgan fingerprint density at radius 2 is 2.12 bits per heavy atom. The number of hydrogen-bond acceptors (Lipinski definition) is 4. The van der Waals surface area contributed by atoms with E-state index in [0.717, 1.165) is 13.0 Å². The van der Waals surface area contributed by atoms with Gasteiger partial charge in [0, 0.05) is 6.07 Å². The Bertz CT molecular complexity index is 447. The number of rotatable bonds is 3. The molecule has 5 nitrogen and oxygen atoms in total. The Morgan fingerprint density at radius 3 is 2.53 bits per heavy atom. The summed E-state index contributed by atoms with van der Waals surface area (Å²) in [5, 5.41) is 10.5. The maximum absolute atomic E-state index is 12.3. The molecule has 0 amide bonds. The third-order valence-corrected chi connectivity index (χ3v) is 1.80. The molecule has 17 heavy (non-hydrogen) atoms. The van der Waals surface area contributed by atoms with Crippen LogP contribution in [0.15, 0.2) is 6.07 Å². The van der Waals surface area contributed by atoms with Crippen molar-refractivity contribution in [1.29, 1.82) is 0 Å². The topological polar surface area (TPSA) is 65.3 Å². The Labute approximate surface area is 92.2 Å². The molecular formula is C8H6F4N2O3. The molecular weight excluding hydrogens is 248 g/mol. The molecule has 94 valence electrons. The smallest absolute Gasteiger partial charge is 0.387 e. The van der Waals surface area contributed by atoms with Gasteiger partial charge < -0.3 is 4.74 Å². The van der Waals surface area contributed by atoms with Gasteiger partial charge in [-0.25, -0.2) is 9.37 Å². The number of alkyl halides is 4. The predicted octanol–water partition coefficient (Wildman–Crippen LogP) is 2.67. The van der Waals surface area contributed by atoms with Crippen molar-refractivity contribution in [1.82, 2.24) is 4.98 Å². The lowest BCUT2D eigenvalue weighted by molar-refractivity contribution is -0.385. The highest BCUT2D eigenvalue weighted by atomic mass is 19.4. The molecule has 0 unspecified atom stereocenters. The molecule has 9 heteroatoms. The Hall–Kier alpha value is -1.93. The van der Waals surface area contributed by atoms with Crippen LogP contribution in [-0.2, 0) is 6.67 Å². The SMILES string of the molecule is Cc1c([N+](=O)[O-])cc(CF)nc1OC(F)(F)F. The number of aromatic nitrogens is 1. The van der Waals surface area contributed by atoms with E-state index in [-0.39, 0.29) is 0 Å². The van der Waals surface area contributed by atoms with Gasteiger partial charge in [0.15, 0.2) is 0 Å². The average Bonchev–Trinajstić information content (AvgIpc) is 2.18. The summed E-state index contributed by atoms with van der Waals surface area (Å²) in [6, 6.07) is 0.762. The maximum Gasteiger partial charge on any atom is 0.574 e. The molecule has 0 aliphatic rings. The number of pyridine rings is 1. The van der Waals surface area contributed by atoms with E-state index in [9.17, 15) is 27.7 Å². The fourth-order valence-electron chi connectivity index (χ4n) is 1.09. The van der Waals surface area contributed by atoms with Crippen LogP contribution in [0.25, 0.3) is 0 Å². The van der Waals surface area contributed by atoms with Crippen molar-refractivity contribution in [3.63, 3.8) is 0 Å². The first-order valence-corrected chi connectivity index (χ1v) is 4.21. The number of halogens is 4. The van der Waals surface area contributed by atoms with Gasteiger partial charge >= 0.3 is 6.36 Å². The quantitative estimate of drug-likeness (QED) is 0.472. The highest BCUT2D eigenvalue weighted by Gasteiger charge is 2.34. The monoisotopic (exact) mass is 254 g/mol. The Kier molecular flexibility index (Phi) is 3.49. The van der Waals surface area contributed by atoms with Crippen molar-refractivity contribution in [3.05, 3.63) is 27.4 Å². The summed E-state index contributed by atoms with van der Waals surface area (Å²) in [5.41, 5.74) is -1.59. The van der Waals surface area contributed by atoms with Gasteiger partial charge in [0.05, 0.1) is 16.2 Å². The van der Waals surface area contributed by atoms with Gasteiger partial charge in [-0.1, -0.05) is 0 Å². The summed E-state index contributed by atoms with van der Waals surface area (Å²) in [7, 11) is 0. The average molecular weight is 254 g/mol. The van der Waals surface area contributed by atoms with Gasteiger partial charge in [-0.2, -0.15) is 0 Å². The molecule has 0 aliphatic carbocycles.